The van der Waals surface area contributed by atoms with Crippen molar-refractivity contribution in [3.8, 4) is 0 Å². The van der Waals surface area contributed by atoms with Gasteiger partial charge in [-0.3, -0.25) is 4.79 Å². The van der Waals surface area contributed by atoms with E-state index in [0.29, 0.717) is 24.6 Å². The van der Waals surface area contributed by atoms with Crippen molar-refractivity contribution < 1.29 is 13.2 Å². The number of rotatable bonds is 4. The molecule has 2 aliphatic heterocycles. The summed E-state index contributed by atoms with van der Waals surface area (Å²) < 4.78 is 27.5. The molecule has 0 saturated carbocycles. The molecule has 2 fully saturated rings. The van der Waals surface area contributed by atoms with Crippen LogP contribution in [0.15, 0.2) is 28.0 Å². The number of carbonyl (C=O) groups is 1. The molecule has 0 aromatic heterocycles. The van der Waals surface area contributed by atoms with Crippen LogP contribution in [0.5, 0.6) is 0 Å². The van der Waals surface area contributed by atoms with Gasteiger partial charge in [-0.1, -0.05) is 13.3 Å². The van der Waals surface area contributed by atoms with Gasteiger partial charge in [0.05, 0.1) is 10.5 Å². The van der Waals surface area contributed by atoms with E-state index in [1.165, 1.54) is 11.8 Å². The number of likely N-dealkylation sites (tertiary alicyclic amines) is 1. The van der Waals surface area contributed by atoms with Crippen LogP contribution in [0.25, 0.3) is 0 Å². The van der Waals surface area contributed by atoms with E-state index in [4.69, 9.17) is 0 Å². The normalized spacial score (nSPS) is 20.3. The first kappa shape index (κ1) is 19.7. The van der Waals surface area contributed by atoms with Crippen molar-refractivity contribution in [3.05, 3.63) is 23.8 Å². The molecule has 3 rings (SSSR count). The van der Waals surface area contributed by atoms with Crippen LogP contribution in [0.2, 0.25) is 0 Å². The van der Waals surface area contributed by atoms with Crippen LogP contribution in [0.4, 0.5) is 0 Å². The highest BCUT2D eigenvalue weighted by atomic mass is 32.2. The molecule has 2 aliphatic rings. The number of piperidine rings is 2. The predicted molar refractivity (Wildman–Crippen MR) is 105 cm³/mol. The maximum atomic E-state index is 13.0. The number of hydrogen-bond acceptors (Lipinski definition) is 4. The molecule has 0 spiro atoms. The lowest BCUT2D eigenvalue weighted by atomic mass is 9.98. The fraction of sp³-hybridized carbons (Fsp3) is 0.632. The third-order valence-corrected chi connectivity index (χ3v) is 8.12. The first-order chi connectivity index (χ1) is 12.4. The number of carbonyl (C=O) groups excluding carboxylic acids is 1. The van der Waals surface area contributed by atoms with Gasteiger partial charge in [0, 0.05) is 31.1 Å². The second-order valence-electron chi connectivity index (χ2n) is 7.30. The molecule has 0 N–H and O–H groups in total. The van der Waals surface area contributed by atoms with Gasteiger partial charge in [0.25, 0.3) is 5.91 Å². The monoisotopic (exact) mass is 396 g/mol. The van der Waals surface area contributed by atoms with Crippen LogP contribution in [0, 0.1) is 5.92 Å². The number of thioether (sulfide) groups is 1. The van der Waals surface area contributed by atoms with E-state index in [2.05, 4.69) is 6.92 Å². The second-order valence-corrected chi connectivity index (χ2v) is 10.1. The van der Waals surface area contributed by atoms with Gasteiger partial charge in [0.2, 0.25) is 10.0 Å². The van der Waals surface area contributed by atoms with Gasteiger partial charge in [0.15, 0.2) is 0 Å². The lowest BCUT2D eigenvalue weighted by Gasteiger charge is -2.31. The van der Waals surface area contributed by atoms with Crippen molar-refractivity contribution in [1.29, 1.82) is 0 Å². The highest BCUT2D eigenvalue weighted by Gasteiger charge is 2.29. The maximum absolute atomic E-state index is 13.0. The molecule has 26 heavy (non-hydrogen) atoms. The summed E-state index contributed by atoms with van der Waals surface area (Å²) in [4.78, 5) is 16.0. The molecular weight excluding hydrogens is 368 g/mol. The minimum absolute atomic E-state index is 0.0445. The lowest BCUT2D eigenvalue weighted by molar-refractivity contribution is 0.0693. The Bertz CT molecular complexity index is 750. The fourth-order valence-electron chi connectivity index (χ4n) is 3.65. The summed E-state index contributed by atoms with van der Waals surface area (Å²) in [5, 5.41) is 0. The van der Waals surface area contributed by atoms with Gasteiger partial charge in [-0.2, -0.15) is 4.31 Å². The molecule has 1 amide bonds. The summed E-state index contributed by atoms with van der Waals surface area (Å²) in [5.74, 6) is 0.599. The SMILES string of the molecule is CSc1ccc(S(=O)(=O)N2CCCCC2)cc1C(=O)N1CCC(C)CC1. The Morgan fingerprint density at radius 3 is 2.35 bits per heavy atom. The molecule has 7 heteroatoms. The van der Waals surface area contributed by atoms with Crippen molar-refractivity contribution in [2.24, 2.45) is 5.92 Å². The molecule has 0 bridgehead atoms. The molecule has 1 aromatic rings. The lowest BCUT2D eigenvalue weighted by Crippen LogP contribution is -2.38. The number of benzene rings is 1. The first-order valence-electron chi connectivity index (χ1n) is 9.41. The van der Waals surface area contributed by atoms with Crippen molar-refractivity contribution in [2.75, 3.05) is 32.4 Å². The van der Waals surface area contributed by atoms with Crippen LogP contribution in [0.3, 0.4) is 0 Å². The van der Waals surface area contributed by atoms with Gasteiger partial charge in [-0.05, 0) is 56.1 Å². The van der Waals surface area contributed by atoms with Crippen molar-refractivity contribution >= 4 is 27.7 Å². The molecule has 144 valence electrons. The Labute approximate surface area is 161 Å². The highest BCUT2D eigenvalue weighted by molar-refractivity contribution is 7.98. The second kappa shape index (κ2) is 8.31. The summed E-state index contributed by atoms with van der Waals surface area (Å²) in [5.41, 5.74) is 0.519. The first-order valence-corrected chi connectivity index (χ1v) is 12.1. The van der Waals surface area contributed by atoms with Crippen molar-refractivity contribution in [2.45, 2.75) is 48.8 Å². The van der Waals surface area contributed by atoms with Crippen molar-refractivity contribution in [1.82, 2.24) is 9.21 Å². The topological polar surface area (TPSA) is 57.7 Å². The van der Waals surface area contributed by atoms with E-state index in [0.717, 1.165) is 50.1 Å². The van der Waals surface area contributed by atoms with Gasteiger partial charge < -0.3 is 4.90 Å². The summed E-state index contributed by atoms with van der Waals surface area (Å²) in [6, 6.07) is 5.02. The third-order valence-electron chi connectivity index (χ3n) is 5.43. The molecule has 0 aliphatic carbocycles. The summed E-state index contributed by atoms with van der Waals surface area (Å²) >= 11 is 1.49. The minimum Gasteiger partial charge on any atom is -0.339 e. The van der Waals surface area contributed by atoms with E-state index < -0.39 is 10.0 Å². The van der Waals surface area contributed by atoms with Gasteiger partial charge in [-0.15, -0.1) is 11.8 Å². The molecular formula is C19H28N2O3S2. The van der Waals surface area contributed by atoms with E-state index in [9.17, 15) is 13.2 Å². The Morgan fingerprint density at radius 1 is 1.08 bits per heavy atom. The van der Waals surface area contributed by atoms with Gasteiger partial charge in [0.1, 0.15) is 0 Å². The summed E-state index contributed by atoms with van der Waals surface area (Å²) in [7, 11) is -3.53. The average molecular weight is 397 g/mol. The molecule has 2 saturated heterocycles. The Morgan fingerprint density at radius 2 is 1.73 bits per heavy atom. The number of sulfonamides is 1. The van der Waals surface area contributed by atoms with E-state index >= 15 is 0 Å². The van der Waals surface area contributed by atoms with Crippen molar-refractivity contribution in [3.63, 3.8) is 0 Å². The molecule has 0 atom stereocenters. The minimum atomic E-state index is -3.53. The van der Waals surface area contributed by atoms with Crippen LogP contribution in [-0.4, -0.2) is 56.0 Å². The largest absolute Gasteiger partial charge is 0.339 e. The Kier molecular flexibility index (Phi) is 6.30. The van der Waals surface area contributed by atoms with E-state index in [-0.39, 0.29) is 10.8 Å². The summed E-state index contributed by atoms with van der Waals surface area (Å²) in [6.45, 7) is 4.84. The zero-order chi connectivity index (χ0) is 18.7. The fourth-order valence-corrected chi connectivity index (χ4v) is 5.77. The van der Waals surface area contributed by atoms with E-state index in [1.807, 2.05) is 11.2 Å². The predicted octanol–water partition coefficient (Wildman–Crippen LogP) is 3.46. The molecule has 0 unspecified atom stereocenters. The molecule has 2 heterocycles. The summed E-state index contributed by atoms with van der Waals surface area (Å²) in [6.07, 6.45) is 6.82. The molecule has 0 radical (unpaired) electrons. The molecule has 1 aromatic carbocycles. The van der Waals surface area contributed by atoms with E-state index in [1.54, 1.807) is 22.5 Å². The maximum Gasteiger partial charge on any atom is 0.255 e. The zero-order valence-electron chi connectivity index (χ0n) is 15.6. The number of nitrogens with zero attached hydrogens (tertiary/aromatic N) is 2. The third kappa shape index (κ3) is 4.10. The van der Waals surface area contributed by atoms with Crippen LogP contribution < -0.4 is 0 Å². The quantitative estimate of drug-likeness (QED) is 0.732. The standard InChI is InChI=1S/C19H28N2O3S2/c1-15-8-12-20(13-9-15)19(22)17-14-16(6-7-18(17)25-2)26(23,24)21-10-4-3-5-11-21/h6-7,14-15H,3-5,8-13H2,1-2H3. The smallest absolute Gasteiger partial charge is 0.255 e. The van der Waals surface area contributed by atoms with Crippen LogP contribution >= 0.6 is 11.8 Å². The Hall–Kier alpha value is -1.05. The van der Waals surface area contributed by atoms with Crippen LogP contribution in [-0.2, 0) is 10.0 Å². The van der Waals surface area contributed by atoms with Gasteiger partial charge >= 0.3 is 0 Å². The number of hydrogen-bond donors (Lipinski definition) is 0. The highest BCUT2D eigenvalue weighted by Crippen LogP contribution is 2.29. The van der Waals surface area contributed by atoms with Gasteiger partial charge in [-0.25, -0.2) is 8.42 Å². The zero-order valence-corrected chi connectivity index (χ0v) is 17.2. The molecule has 5 nitrogen and oxygen atoms in total. The number of amides is 1. The Balaban J connectivity index is 1.90. The van der Waals surface area contributed by atoms with Crippen LogP contribution in [0.1, 0.15) is 49.4 Å². The average Bonchev–Trinajstić information content (AvgIpc) is 2.68.